The molecule has 1 unspecified atom stereocenters. The Kier molecular flexibility index (Phi) is 2.57. The molecule has 0 saturated heterocycles. The van der Waals surface area contributed by atoms with Crippen molar-refractivity contribution in [1.82, 2.24) is 4.98 Å². The minimum Gasteiger partial charge on any atom is -0.309 e. The number of hydrogen-bond acceptors (Lipinski definition) is 3. The molecule has 0 bridgehead atoms. The molecule has 0 amide bonds. The third-order valence-electron chi connectivity index (χ3n) is 1.17. The number of nitrogens with zero attached hydrogens (tertiary/aromatic N) is 1. The van der Waals surface area contributed by atoms with Crippen molar-refractivity contribution < 1.29 is 4.79 Å². The van der Waals surface area contributed by atoms with Gasteiger partial charge in [-0.15, -0.1) is 0 Å². The van der Waals surface area contributed by atoms with Gasteiger partial charge in [0, 0.05) is 6.20 Å². The van der Waals surface area contributed by atoms with Gasteiger partial charge in [0.25, 0.3) is 0 Å². The monoisotopic (exact) mass is 170 g/mol. The van der Waals surface area contributed by atoms with Crippen LogP contribution in [0.2, 0.25) is 0 Å². The molecule has 11 heavy (non-hydrogen) atoms. The Morgan fingerprint density at radius 3 is 2.82 bits per heavy atom. The highest BCUT2D eigenvalue weighted by atomic mass is 35.5. The Labute approximate surface area is 69.2 Å². The van der Waals surface area contributed by atoms with E-state index in [9.17, 15) is 4.79 Å². The summed E-state index contributed by atoms with van der Waals surface area (Å²) in [6.45, 7) is 0. The van der Waals surface area contributed by atoms with Crippen molar-refractivity contribution in [2.24, 2.45) is 5.73 Å². The Morgan fingerprint density at radius 2 is 2.36 bits per heavy atom. The summed E-state index contributed by atoms with van der Waals surface area (Å²) >= 11 is 5.35. The fourth-order valence-electron chi connectivity index (χ4n) is 0.650. The highest BCUT2D eigenvalue weighted by molar-refractivity contribution is 6.33. The first kappa shape index (κ1) is 8.17. The predicted octanol–water partition coefficient (Wildman–Crippen LogP) is 0.788. The second kappa shape index (κ2) is 3.46. The van der Waals surface area contributed by atoms with Crippen LogP contribution in [0.15, 0.2) is 24.4 Å². The van der Waals surface area contributed by atoms with Crippen LogP contribution in [0.4, 0.5) is 0 Å². The van der Waals surface area contributed by atoms with Gasteiger partial charge in [-0.05, 0) is 12.1 Å². The SMILES string of the molecule is NC(Cl)C(=O)c1ccccn1. The molecular weight excluding hydrogens is 164 g/mol. The van der Waals surface area contributed by atoms with Crippen molar-refractivity contribution in [3.8, 4) is 0 Å². The highest BCUT2D eigenvalue weighted by Gasteiger charge is 2.12. The number of ketones is 1. The maximum Gasteiger partial charge on any atom is 0.212 e. The second-order valence-corrected chi connectivity index (χ2v) is 2.45. The number of carbonyl (C=O) groups excluding carboxylic acids is 1. The van der Waals surface area contributed by atoms with E-state index in [-0.39, 0.29) is 5.78 Å². The molecular formula is C7H7ClN2O. The minimum absolute atomic E-state index is 0.301. The summed E-state index contributed by atoms with van der Waals surface area (Å²) in [6.07, 6.45) is 1.52. The van der Waals surface area contributed by atoms with E-state index in [1.165, 1.54) is 6.20 Å². The molecule has 0 radical (unpaired) electrons. The molecule has 4 heteroatoms. The zero-order valence-corrected chi connectivity index (χ0v) is 6.45. The standard InChI is InChI=1S/C7H7ClN2O/c8-7(9)6(11)5-3-1-2-4-10-5/h1-4,7H,9H2. The summed E-state index contributed by atoms with van der Waals surface area (Å²) in [6, 6.07) is 5.00. The number of Topliss-reactive ketones (excluding diaryl/α,β-unsaturated/α-hetero) is 1. The summed E-state index contributed by atoms with van der Waals surface area (Å²) in [5.74, 6) is -0.354. The molecule has 0 aliphatic carbocycles. The lowest BCUT2D eigenvalue weighted by Crippen LogP contribution is -2.24. The van der Waals surface area contributed by atoms with Gasteiger partial charge in [-0.1, -0.05) is 17.7 Å². The fraction of sp³-hybridized carbons (Fsp3) is 0.143. The minimum atomic E-state index is -0.995. The lowest BCUT2D eigenvalue weighted by Gasteiger charge is -1.99. The number of alkyl halides is 1. The molecule has 1 heterocycles. The second-order valence-electron chi connectivity index (χ2n) is 1.98. The number of aromatic nitrogens is 1. The number of hydrogen-bond donors (Lipinski definition) is 1. The Morgan fingerprint density at radius 1 is 1.64 bits per heavy atom. The maximum atomic E-state index is 11.0. The van der Waals surface area contributed by atoms with Gasteiger partial charge >= 0.3 is 0 Å². The zero-order chi connectivity index (χ0) is 8.27. The molecule has 0 fully saturated rings. The highest BCUT2D eigenvalue weighted by Crippen LogP contribution is 1.99. The van der Waals surface area contributed by atoms with E-state index < -0.39 is 5.50 Å². The normalized spacial score (nSPS) is 12.5. The molecule has 1 rings (SSSR count). The van der Waals surface area contributed by atoms with Crippen LogP contribution in [-0.2, 0) is 0 Å². The third-order valence-corrected chi connectivity index (χ3v) is 1.37. The van der Waals surface area contributed by atoms with Gasteiger partial charge in [-0.3, -0.25) is 9.78 Å². The van der Waals surface area contributed by atoms with Crippen molar-refractivity contribution >= 4 is 17.4 Å². The summed E-state index contributed by atoms with van der Waals surface area (Å²) in [5.41, 5.74) is 4.45. The lowest BCUT2D eigenvalue weighted by molar-refractivity contribution is 0.0983. The van der Waals surface area contributed by atoms with Crippen LogP contribution in [-0.4, -0.2) is 16.3 Å². The largest absolute Gasteiger partial charge is 0.309 e. The van der Waals surface area contributed by atoms with Crippen LogP contribution in [0.1, 0.15) is 10.5 Å². The topological polar surface area (TPSA) is 56.0 Å². The number of rotatable bonds is 2. The average Bonchev–Trinajstić information content (AvgIpc) is 2.05. The van der Waals surface area contributed by atoms with Crippen LogP contribution in [0.3, 0.4) is 0 Å². The first-order valence-corrected chi connectivity index (χ1v) is 3.50. The fourth-order valence-corrected chi connectivity index (χ4v) is 0.762. The average molecular weight is 171 g/mol. The first-order chi connectivity index (χ1) is 5.22. The number of nitrogens with two attached hydrogens (primary N) is 1. The summed E-state index contributed by atoms with van der Waals surface area (Å²) in [4.78, 5) is 14.8. The van der Waals surface area contributed by atoms with E-state index >= 15 is 0 Å². The third kappa shape index (κ3) is 2.00. The smallest absolute Gasteiger partial charge is 0.212 e. The van der Waals surface area contributed by atoms with Crippen LogP contribution < -0.4 is 5.73 Å². The Balaban J connectivity index is 2.86. The van der Waals surface area contributed by atoms with E-state index in [0.29, 0.717) is 5.69 Å². The Hall–Kier alpha value is -0.930. The van der Waals surface area contributed by atoms with E-state index in [4.69, 9.17) is 17.3 Å². The molecule has 0 aliphatic rings. The Bertz CT molecular complexity index is 248. The quantitative estimate of drug-likeness (QED) is 0.406. The van der Waals surface area contributed by atoms with Gasteiger partial charge in [0.2, 0.25) is 5.78 Å². The number of halogens is 1. The molecule has 3 nitrogen and oxygen atoms in total. The predicted molar refractivity (Wildman–Crippen MR) is 42.4 cm³/mol. The first-order valence-electron chi connectivity index (χ1n) is 3.06. The van der Waals surface area contributed by atoms with Crippen molar-refractivity contribution in [1.29, 1.82) is 0 Å². The van der Waals surface area contributed by atoms with Crippen LogP contribution in [0, 0.1) is 0 Å². The summed E-state index contributed by atoms with van der Waals surface area (Å²) < 4.78 is 0. The van der Waals surface area contributed by atoms with Crippen molar-refractivity contribution in [2.45, 2.75) is 5.50 Å². The van der Waals surface area contributed by atoms with E-state index in [1.54, 1.807) is 18.2 Å². The molecule has 2 N–H and O–H groups in total. The molecule has 1 aromatic heterocycles. The number of pyridine rings is 1. The van der Waals surface area contributed by atoms with E-state index in [2.05, 4.69) is 4.98 Å². The molecule has 0 spiro atoms. The summed E-state index contributed by atoms with van der Waals surface area (Å²) in [7, 11) is 0. The van der Waals surface area contributed by atoms with Crippen molar-refractivity contribution in [3.05, 3.63) is 30.1 Å². The van der Waals surface area contributed by atoms with Gasteiger partial charge in [-0.2, -0.15) is 0 Å². The molecule has 0 aliphatic heterocycles. The lowest BCUT2D eigenvalue weighted by atomic mass is 10.2. The molecule has 0 saturated carbocycles. The van der Waals surface area contributed by atoms with Gasteiger partial charge in [0.15, 0.2) is 0 Å². The zero-order valence-electron chi connectivity index (χ0n) is 5.70. The van der Waals surface area contributed by atoms with Crippen LogP contribution >= 0.6 is 11.6 Å². The maximum absolute atomic E-state index is 11.0. The van der Waals surface area contributed by atoms with Crippen LogP contribution in [0.25, 0.3) is 0 Å². The van der Waals surface area contributed by atoms with Gasteiger partial charge in [0.1, 0.15) is 11.2 Å². The van der Waals surface area contributed by atoms with Crippen LogP contribution in [0.5, 0.6) is 0 Å². The van der Waals surface area contributed by atoms with Crippen molar-refractivity contribution in [2.75, 3.05) is 0 Å². The van der Waals surface area contributed by atoms with E-state index in [1.807, 2.05) is 0 Å². The molecule has 1 aromatic rings. The van der Waals surface area contributed by atoms with Gasteiger partial charge in [0.05, 0.1) is 0 Å². The number of carbonyl (C=O) groups is 1. The van der Waals surface area contributed by atoms with Gasteiger partial charge < -0.3 is 5.73 Å². The molecule has 58 valence electrons. The summed E-state index contributed by atoms with van der Waals surface area (Å²) in [5, 5.41) is 0. The van der Waals surface area contributed by atoms with Gasteiger partial charge in [-0.25, -0.2) is 0 Å². The molecule has 1 atom stereocenters. The molecule has 0 aromatic carbocycles. The van der Waals surface area contributed by atoms with Crippen molar-refractivity contribution in [3.63, 3.8) is 0 Å². The van der Waals surface area contributed by atoms with E-state index in [0.717, 1.165) is 0 Å².